The van der Waals surface area contributed by atoms with Crippen LogP contribution < -0.4 is 5.32 Å². The van der Waals surface area contributed by atoms with E-state index < -0.39 is 11.7 Å². The number of carbonyl (C=O) groups excluding carboxylic acids is 1. The third kappa shape index (κ3) is 17.8. The highest BCUT2D eigenvalue weighted by molar-refractivity contribution is 5.68. The molecule has 0 fully saturated rings. The van der Waals surface area contributed by atoms with E-state index in [0.717, 1.165) is 0 Å². The lowest BCUT2D eigenvalue weighted by molar-refractivity contribution is 0.0481. The van der Waals surface area contributed by atoms with Crippen LogP contribution in [0.5, 0.6) is 0 Å². The first-order valence-electron chi connectivity index (χ1n) is 6.49. The number of amides is 1. The highest BCUT2D eigenvalue weighted by atomic mass is 16.6. The molecule has 0 aliphatic heterocycles. The number of hydrogen-bond acceptors (Lipinski definition) is 3. The molecule has 4 nitrogen and oxygen atoms in total. The Kier molecular flexibility index (Phi) is 16.8. The Morgan fingerprint density at radius 1 is 1.24 bits per heavy atom. The first-order chi connectivity index (χ1) is 7.89. The van der Waals surface area contributed by atoms with Gasteiger partial charge in [0.1, 0.15) is 5.60 Å². The number of aliphatic hydroxyl groups excluding tert-OH is 1. The number of carbonyl (C=O) groups is 1. The zero-order chi connectivity index (χ0) is 14.5. The van der Waals surface area contributed by atoms with E-state index in [-0.39, 0.29) is 12.6 Å². The smallest absolute Gasteiger partial charge is 0.407 e. The third-order valence-electron chi connectivity index (χ3n) is 1.43. The van der Waals surface area contributed by atoms with Gasteiger partial charge in [-0.05, 0) is 27.2 Å². The van der Waals surface area contributed by atoms with Crippen LogP contribution in [0, 0.1) is 0 Å². The van der Waals surface area contributed by atoms with Crippen LogP contribution in [0.4, 0.5) is 4.79 Å². The second-order valence-corrected chi connectivity index (χ2v) is 3.93. The number of aliphatic hydroxyl groups is 1. The van der Waals surface area contributed by atoms with Gasteiger partial charge in [-0.25, -0.2) is 4.79 Å². The molecule has 0 aromatic rings. The molecule has 1 amide bonds. The molecule has 0 spiro atoms. The normalized spacial score (nSPS) is 11.1. The standard InChI is InChI=1S/C9H19NO3.2C2H6/c1-5-7(6-11)10-8(12)13-9(2,3)4;2*1-2/h7,11H,5-6H2,1-4H3,(H,10,12);2*1-2H3/t7-;;/m1../s1. The van der Waals surface area contributed by atoms with Gasteiger partial charge in [-0.2, -0.15) is 0 Å². The van der Waals surface area contributed by atoms with Crippen molar-refractivity contribution in [2.24, 2.45) is 0 Å². The minimum Gasteiger partial charge on any atom is -0.444 e. The monoisotopic (exact) mass is 249 g/mol. The van der Waals surface area contributed by atoms with Gasteiger partial charge < -0.3 is 15.2 Å². The summed E-state index contributed by atoms with van der Waals surface area (Å²) in [5, 5.41) is 11.4. The predicted molar refractivity (Wildman–Crippen MR) is 73.2 cm³/mol. The van der Waals surface area contributed by atoms with Gasteiger partial charge in [0.15, 0.2) is 0 Å². The molecule has 1 atom stereocenters. The SMILES string of the molecule is CC.CC.CC[C@H](CO)NC(=O)OC(C)(C)C. The third-order valence-corrected chi connectivity index (χ3v) is 1.43. The lowest BCUT2D eigenvalue weighted by atomic mass is 10.2. The zero-order valence-electron chi connectivity index (χ0n) is 12.8. The van der Waals surface area contributed by atoms with Gasteiger partial charge in [-0.3, -0.25) is 0 Å². The number of hydrogen-bond donors (Lipinski definition) is 2. The van der Waals surface area contributed by atoms with Crippen molar-refractivity contribution >= 4 is 6.09 Å². The van der Waals surface area contributed by atoms with E-state index in [1.54, 1.807) is 20.8 Å². The maximum absolute atomic E-state index is 11.1. The molecule has 0 saturated heterocycles. The van der Waals surface area contributed by atoms with Crippen molar-refractivity contribution in [3.8, 4) is 0 Å². The molecule has 0 aliphatic carbocycles. The first kappa shape index (κ1) is 21.5. The van der Waals surface area contributed by atoms with Gasteiger partial charge in [0.05, 0.1) is 12.6 Å². The second-order valence-electron chi connectivity index (χ2n) is 3.93. The summed E-state index contributed by atoms with van der Waals surface area (Å²) in [6, 6.07) is -0.213. The van der Waals surface area contributed by atoms with Gasteiger partial charge in [-0.1, -0.05) is 34.6 Å². The Hall–Kier alpha value is -0.770. The fourth-order valence-corrected chi connectivity index (χ4v) is 0.751. The largest absolute Gasteiger partial charge is 0.444 e. The molecule has 0 radical (unpaired) electrons. The van der Waals surface area contributed by atoms with Crippen molar-refractivity contribution in [2.45, 2.75) is 73.5 Å². The maximum atomic E-state index is 11.1. The summed E-state index contributed by atoms with van der Waals surface area (Å²) in [6.07, 6.45) is 0.212. The minimum absolute atomic E-state index is 0.0598. The van der Waals surface area contributed by atoms with Gasteiger partial charge in [0.25, 0.3) is 0 Å². The van der Waals surface area contributed by atoms with Crippen molar-refractivity contribution in [2.75, 3.05) is 6.61 Å². The lowest BCUT2D eigenvalue weighted by Crippen LogP contribution is -2.40. The molecule has 0 saturated carbocycles. The van der Waals surface area contributed by atoms with Crippen LogP contribution in [0.1, 0.15) is 61.8 Å². The molecule has 0 aromatic heterocycles. The fraction of sp³-hybridized carbons (Fsp3) is 0.923. The van der Waals surface area contributed by atoms with E-state index in [2.05, 4.69) is 5.32 Å². The van der Waals surface area contributed by atoms with Crippen LogP contribution in [-0.2, 0) is 4.74 Å². The van der Waals surface area contributed by atoms with Gasteiger partial charge in [0.2, 0.25) is 0 Å². The molecule has 4 heteroatoms. The zero-order valence-corrected chi connectivity index (χ0v) is 12.8. The number of rotatable bonds is 3. The Morgan fingerprint density at radius 2 is 1.65 bits per heavy atom. The molecule has 0 aliphatic rings. The Labute approximate surface area is 107 Å². The number of alkyl carbamates (subject to hydrolysis) is 1. The molecule has 0 rings (SSSR count). The molecule has 2 N–H and O–H groups in total. The van der Waals surface area contributed by atoms with Crippen molar-refractivity contribution in [1.82, 2.24) is 5.32 Å². The molecule has 0 unspecified atom stereocenters. The van der Waals surface area contributed by atoms with Gasteiger partial charge in [0, 0.05) is 0 Å². The molecule has 106 valence electrons. The van der Waals surface area contributed by atoms with Crippen molar-refractivity contribution < 1.29 is 14.6 Å². The quantitative estimate of drug-likeness (QED) is 0.806. The van der Waals surface area contributed by atoms with E-state index in [4.69, 9.17) is 9.84 Å². The summed E-state index contributed by atoms with van der Waals surface area (Å²) < 4.78 is 5.01. The average molecular weight is 249 g/mol. The van der Waals surface area contributed by atoms with Crippen molar-refractivity contribution in [3.05, 3.63) is 0 Å². The minimum atomic E-state index is -0.488. The summed E-state index contributed by atoms with van der Waals surface area (Å²) in [7, 11) is 0. The van der Waals surface area contributed by atoms with Crippen molar-refractivity contribution in [3.63, 3.8) is 0 Å². The van der Waals surface area contributed by atoms with Crippen LogP contribution in [-0.4, -0.2) is 29.4 Å². The van der Waals surface area contributed by atoms with Crippen LogP contribution in [0.2, 0.25) is 0 Å². The van der Waals surface area contributed by atoms with Crippen LogP contribution in [0.3, 0.4) is 0 Å². The summed E-state index contributed by atoms with van der Waals surface area (Å²) >= 11 is 0. The second kappa shape index (κ2) is 13.3. The maximum Gasteiger partial charge on any atom is 0.407 e. The average Bonchev–Trinajstić information content (AvgIpc) is 2.29. The Morgan fingerprint density at radius 3 is 1.88 bits per heavy atom. The van der Waals surface area contributed by atoms with E-state index in [1.807, 2.05) is 34.6 Å². The van der Waals surface area contributed by atoms with Crippen LogP contribution in [0.25, 0.3) is 0 Å². The lowest BCUT2D eigenvalue weighted by Gasteiger charge is -2.22. The molecular formula is C13H31NO3. The number of ether oxygens (including phenoxy) is 1. The van der Waals surface area contributed by atoms with E-state index >= 15 is 0 Å². The summed E-state index contributed by atoms with van der Waals surface area (Å²) in [5.41, 5.74) is -0.488. The first-order valence-corrected chi connectivity index (χ1v) is 6.49. The van der Waals surface area contributed by atoms with E-state index in [0.29, 0.717) is 6.42 Å². The Bertz CT molecular complexity index is 161. The fourth-order valence-electron chi connectivity index (χ4n) is 0.751. The van der Waals surface area contributed by atoms with Crippen LogP contribution in [0.15, 0.2) is 0 Å². The molecule has 0 heterocycles. The number of nitrogens with one attached hydrogen (secondary N) is 1. The summed E-state index contributed by atoms with van der Waals surface area (Å²) in [4.78, 5) is 11.1. The highest BCUT2D eigenvalue weighted by Crippen LogP contribution is 2.06. The molecule has 0 aromatic carbocycles. The highest BCUT2D eigenvalue weighted by Gasteiger charge is 2.17. The molecular weight excluding hydrogens is 218 g/mol. The predicted octanol–water partition coefficient (Wildman–Crippen LogP) is 3.33. The van der Waals surface area contributed by atoms with Crippen molar-refractivity contribution in [1.29, 1.82) is 0 Å². The molecule has 17 heavy (non-hydrogen) atoms. The molecule has 0 bridgehead atoms. The Balaban J connectivity index is -0.000000439. The van der Waals surface area contributed by atoms with E-state index in [1.165, 1.54) is 0 Å². The van der Waals surface area contributed by atoms with Gasteiger partial charge in [-0.15, -0.1) is 0 Å². The van der Waals surface area contributed by atoms with E-state index in [9.17, 15) is 4.79 Å². The summed E-state index contributed by atoms with van der Waals surface area (Å²) in [5.74, 6) is 0. The van der Waals surface area contributed by atoms with Crippen LogP contribution >= 0.6 is 0 Å². The summed E-state index contributed by atoms with van der Waals surface area (Å²) in [6.45, 7) is 15.2. The van der Waals surface area contributed by atoms with Gasteiger partial charge >= 0.3 is 6.09 Å². The topological polar surface area (TPSA) is 58.6 Å².